The molecule has 0 unspecified atom stereocenters. The number of methoxy groups -OCH3 is 2. The molecule has 0 aliphatic carbocycles. The van der Waals surface area contributed by atoms with Gasteiger partial charge in [0.2, 0.25) is 11.6 Å². The van der Waals surface area contributed by atoms with E-state index in [1.54, 1.807) is 32.7 Å². The molecule has 9 heteroatoms. The van der Waals surface area contributed by atoms with E-state index in [0.29, 0.717) is 35.4 Å². The number of benzene rings is 1. The van der Waals surface area contributed by atoms with Crippen LogP contribution in [-0.4, -0.2) is 47.7 Å². The maximum absolute atomic E-state index is 6.32. The number of imidazole rings is 1. The van der Waals surface area contributed by atoms with Crippen LogP contribution >= 0.6 is 0 Å². The fraction of sp³-hybridized carbons (Fsp3) is 0.261. The van der Waals surface area contributed by atoms with Crippen molar-refractivity contribution in [3.8, 4) is 23.1 Å². The Morgan fingerprint density at radius 1 is 1.09 bits per heavy atom. The number of nitrogens with zero attached hydrogens (tertiary/aromatic N) is 4. The molecule has 2 radical (unpaired) electrons. The van der Waals surface area contributed by atoms with E-state index < -0.39 is 0 Å². The lowest BCUT2D eigenvalue weighted by Gasteiger charge is -2.33. The minimum absolute atomic E-state index is 0.238. The van der Waals surface area contributed by atoms with Gasteiger partial charge in [0.15, 0.2) is 31.1 Å². The highest BCUT2D eigenvalue weighted by molar-refractivity contribution is 6.30. The zero-order valence-corrected chi connectivity index (χ0v) is 18.0. The van der Waals surface area contributed by atoms with Gasteiger partial charge in [-0.2, -0.15) is 0 Å². The molecule has 0 N–H and O–H groups in total. The van der Waals surface area contributed by atoms with Crippen LogP contribution in [0.4, 0.5) is 0 Å². The van der Waals surface area contributed by atoms with Crippen LogP contribution in [-0.2, 0) is 6.54 Å². The largest absolute Gasteiger partial charge is 0.493 e. The lowest BCUT2D eigenvalue weighted by molar-refractivity contribution is 0.0277. The topological polar surface area (TPSA) is 80.5 Å². The van der Waals surface area contributed by atoms with Gasteiger partial charge < -0.3 is 23.5 Å². The number of fused-ring (bicyclic) bond motifs is 2. The molecule has 8 nitrogen and oxygen atoms in total. The first-order valence-electron chi connectivity index (χ1n) is 10.2. The van der Waals surface area contributed by atoms with E-state index in [1.165, 1.54) is 0 Å². The average Bonchev–Trinajstić information content (AvgIpc) is 3.13. The molecule has 1 aliphatic heterocycles. The summed E-state index contributed by atoms with van der Waals surface area (Å²) in [6.45, 7) is 2.43. The van der Waals surface area contributed by atoms with Crippen molar-refractivity contribution < 1.29 is 18.9 Å². The quantitative estimate of drug-likeness (QED) is 0.452. The summed E-state index contributed by atoms with van der Waals surface area (Å²) in [4.78, 5) is 13.1. The first-order chi connectivity index (χ1) is 15.6. The minimum Gasteiger partial charge on any atom is -0.493 e. The molecule has 0 bridgehead atoms. The van der Waals surface area contributed by atoms with Crippen molar-refractivity contribution in [2.24, 2.45) is 0 Å². The molecule has 1 aliphatic rings. The van der Waals surface area contributed by atoms with Crippen molar-refractivity contribution in [2.75, 3.05) is 14.2 Å². The number of ether oxygens (including phenoxy) is 4. The van der Waals surface area contributed by atoms with E-state index in [9.17, 15) is 0 Å². The van der Waals surface area contributed by atoms with Crippen molar-refractivity contribution in [3.63, 3.8) is 0 Å². The van der Waals surface area contributed by atoms with Crippen molar-refractivity contribution >= 4 is 24.7 Å². The second kappa shape index (κ2) is 8.07. The molecule has 0 saturated heterocycles. The second-order valence-electron chi connectivity index (χ2n) is 7.52. The third kappa shape index (κ3) is 3.49. The summed E-state index contributed by atoms with van der Waals surface area (Å²) in [7, 11) is 9.33. The first kappa shape index (κ1) is 20.2. The zero-order valence-electron chi connectivity index (χ0n) is 18.0. The van der Waals surface area contributed by atoms with Crippen LogP contribution in [0.5, 0.6) is 23.1 Å². The molecular formula is C23H21BN4O4. The molecule has 0 amide bonds. The Labute approximate surface area is 186 Å². The summed E-state index contributed by atoms with van der Waals surface area (Å²) < 4.78 is 25.2. The van der Waals surface area contributed by atoms with Crippen LogP contribution < -0.4 is 24.7 Å². The Kier molecular flexibility index (Phi) is 5.09. The van der Waals surface area contributed by atoms with Gasteiger partial charge in [0, 0.05) is 24.0 Å². The zero-order chi connectivity index (χ0) is 22.2. The Morgan fingerprint density at radius 3 is 2.72 bits per heavy atom. The summed E-state index contributed by atoms with van der Waals surface area (Å²) in [5, 5.41) is 0. The molecule has 160 valence electrons. The molecule has 2 atom stereocenters. The number of hydrogen-bond donors (Lipinski definition) is 0. The van der Waals surface area contributed by atoms with E-state index in [4.69, 9.17) is 26.8 Å². The van der Waals surface area contributed by atoms with E-state index in [1.807, 2.05) is 41.8 Å². The number of aromatic nitrogens is 4. The summed E-state index contributed by atoms with van der Waals surface area (Å²) >= 11 is 0. The molecule has 4 aromatic rings. The van der Waals surface area contributed by atoms with Gasteiger partial charge in [-0.25, -0.2) is 15.0 Å². The normalized spacial score (nSPS) is 17.3. The van der Waals surface area contributed by atoms with Crippen molar-refractivity contribution in [2.45, 2.75) is 25.7 Å². The molecule has 4 heterocycles. The van der Waals surface area contributed by atoms with E-state index in [2.05, 4.69) is 15.0 Å². The number of rotatable bonds is 5. The monoisotopic (exact) mass is 428 g/mol. The lowest BCUT2D eigenvalue weighted by Crippen LogP contribution is -2.31. The average molecular weight is 428 g/mol. The van der Waals surface area contributed by atoms with Crippen molar-refractivity contribution in [1.82, 2.24) is 19.5 Å². The first-order valence-corrected chi connectivity index (χ1v) is 10.2. The van der Waals surface area contributed by atoms with Gasteiger partial charge in [-0.05, 0) is 42.8 Å². The Balaban J connectivity index is 1.48. The van der Waals surface area contributed by atoms with E-state index in [0.717, 1.165) is 22.3 Å². The second-order valence-corrected chi connectivity index (χ2v) is 7.52. The third-order valence-corrected chi connectivity index (χ3v) is 5.46. The van der Waals surface area contributed by atoms with Crippen LogP contribution in [0.15, 0.2) is 48.8 Å². The van der Waals surface area contributed by atoms with Gasteiger partial charge in [0.1, 0.15) is 11.6 Å². The Morgan fingerprint density at radius 2 is 1.97 bits per heavy atom. The predicted octanol–water partition coefficient (Wildman–Crippen LogP) is 2.59. The van der Waals surface area contributed by atoms with Crippen LogP contribution in [0.2, 0.25) is 0 Å². The van der Waals surface area contributed by atoms with Gasteiger partial charge >= 0.3 is 0 Å². The number of hydrogen-bond acceptors (Lipinski definition) is 7. The van der Waals surface area contributed by atoms with Gasteiger partial charge in [-0.15, -0.1) is 0 Å². The summed E-state index contributed by atoms with van der Waals surface area (Å²) in [5.74, 6) is 2.28. The Bertz CT molecular complexity index is 1280. The fourth-order valence-electron chi connectivity index (χ4n) is 3.90. The molecule has 0 fully saturated rings. The lowest BCUT2D eigenvalue weighted by atomic mass is 10.0. The SMILES string of the molecule is [B]c1nc2cccnc2n1Cc1cc(OC)c2c(c1)O[C@H](C)[C@@H](c1ccc(OC)nc1)O2. The summed E-state index contributed by atoms with van der Waals surface area (Å²) in [6.07, 6.45) is 2.88. The van der Waals surface area contributed by atoms with Crippen LogP contribution in [0.3, 0.4) is 0 Å². The van der Waals surface area contributed by atoms with Gasteiger partial charge in [0.05, 0.1) is 26.5 Å². The minimum atomic E-state index is -0.335. The molecule has 1 aromatic carbocycles. The van der Waals surface area contributed by atoms with E-state index >= 15 is 0 Å². The summed E-state index contributed by atoms with van der Waals surface area (Å²) in [5.41, 5.74) is 3.68. The fourth-order valence-corrected chi connectivity index (χ4v) is 3.90. The smallest absolute Gasteiger partial charge is 0.212 e. The molecule has 5 rings (SSSR count). The molecule has 0 saturated carbocycles. The highest BCUT2D eigenvalue weighted by Crippen LogP contribution is 2.46. The Hall–Kier alpha value is -3.75. The van der Waals surface area contributed by atoms with Gasteiger partial charge in [-0.1, -0.05) is 0 Å². The van der Waals surface area contributed by atoms with Crippen LogP contribution in [0.25, 0.3) is 11.2 Å². The predicted molar refractivity (Wildman–Crippen MR) is 119 cm³/mol. The van der Waals surface area contributed by atoms with Crippen molar-refractivity contribution in [3.05, 3.63) is 59.9 Å². The van der Waals surface area contributed by atoms with Gasteiger partial charge in [-0.3, -0.25) is 0 Å². The molecule has 0 spiro atoms. The highest BCUT2D eigenvalue weighted by Gasteiger charge is 2.32. The highest BCUT2D eigenvalue weighted by atomic mass is 16.6. The standard InChI is InChI=1S/C23H21BN4O4/c1-13-20(15-6-7-19(30-3)26-11-15)32-21-17(29-2)9-14(10-18(21)31-13)12-28-22-16(27-23(28)24)5-4-8-25-22/h4-11,13,20H,12H2,1-3H3/t13-,20+/m1/s1. The molecule has 3 aromatic heterocycles. The van der Waals surface area contributed by atoms with Crippen LogP contribution in [0, 0.1) is 0 Å². The third-order valence-electron chi connectivity index (χ3n) is 5.46. The molecular weight excluding hydrogens is 407 g/mol. The maximum atomic E-state index is 6.32. The van der Waals surface area contributed by atoms with Gasteiger partial charge in [0.25, 0.3) is 0 Å². The van der Waals surface area contributed by atoms with Crippen molar-refractivity contribution in [1.29, 1.82) is 0 Å². The molecule has 32 heavy (non-hydrogen) atoms. The van der Waals surface area contributed by atoms with E-state index in [-0.39, 0.29) is 12.2 Å². The van der Waals surface area contributed by atoms with Crippen LogP contribution in [0.1, 0.15) is 24.2 Å². The number of pyridine rings is 2. The summed E-state index contributed by atoms with van der Waals surface area (Å²) in [6, 6.07) is 11.3. The maximum Gasteiger partial charge on any atom is 0.212 e.